The zero-order valence-corrected chi connectivity index (χ0v) is 15.6. The van der Waals surface area contributed by atoms with Gasteiger partial charge in [-0.05, 0) is 69.5 Å². The number of Topliss-reactive ketones (excluding diaryl/α,β-unsaturated/α-hetero) is 1. The fraction of sp³-hybridized carbons (Fsp3) is 0.750. The van der Waals surface area contributed by atoms with E-state index in [4.69, 9.17) is 0 Å². The topological polar surface area (TPSA) is 75.3 Å². The van der Waals surface area contributed by atoms with Gasteiger partial charge in [-0.3, -0.25) is 14.4 Å². The van der Waals surface area contributed by atoms with E-state index in [9.17, 15) is 14.4 Å². The Balaban J connectivity index is 1.99. The highest BCUT2D eigenvalue weighted by atomic mass is 16.2. The van der Waals surface area contributed by atoms with Crippen molar-refractivity contribution in [2.45, 2.75) is 57.9 Å². The van der Waals surface area contributed by atoms with Crippen LogP contribution < -0.4 is 10.6 Å². The van der Waals surface area contributed by atoms with E-state index in [1.165, 1.54) is 0 Å². The molecule has 5 unspecified atom stereocenters. The molecule has 0 aromatic carbocycles. The average molecular weight is 346 g/mol. The summed E-state index contributed by atoms with van der Waals surface area (Å²) < 4.78 is 0. The Kier molecular flexibility index (Phi) is 4.89. The first-order valence-electron chi connectivity index (χ1n) is 9.49. The maximum atomic E-state index is 13.2. The van der Waals surface area contributed by atoms with E-state index >= 15 is 0 Å². The van der Waals surface area contributed by atoms with Crippen molar-refractivity contribution in [3.63, 3.8) is 0 Å². The molecule has 1 saturated heterocycles. The molecule has 1 amide bonds. The normalized spacial score (nSPS) is 42.5. The van der Waals surface area contributed by atoms with E-state index in [2.05, 4.69) is 17.6 Å². The summed E-state index contributed by atoms with van der Waals surface area (Å²) in [6.07, 6.45) is 7.05. The molecule has 0 spiro atoms. The molecule has 2 N–H and O–H groups in total. The van der Waals surface area contributed by atoms with E-state index in [0.717, 1.165) is 44.1 Å². The quantitative estimate of drug-likeness (QED) is 0.603. The highest BCUT2D eigenvalue weighted by molar-refractivity contribution is 5.87. The lowest BCUT2D eigenvalue weighted by Gasteiger charge is -2.58. The number of hydrogen-bond donors (Lipinski definition) is 2. The predicted octanol–water partition coefficient (Wildman–Crippen LogP) is 2.01. The van der Waals surface area contributed by atoms with Gasteiger partial charge in [0, 0.05) is 24.3 Å². The first-order chi connectivity index (χ1) is 11.9. The van der Waals surface area contributed by atoms with Crippen molar-refractivity contribution in [3.8, 4) is 0 Å². The van der Waals surface area contributed by atoms with Crippen LogP contribution in [0.15, 0.2) is 11.6 Å². The number of nitrogens with one attached hydrogen (secondary N) is 2. The Labute approximate surface area is 150 Å². The van der Waals surface area contributed by atoms with Crippen LogP contribution in [-0.2, 0) is 14.4 Å². The first kappa shape index (κ1) is 18.3. The van der Waals surface area contributed by atoms with Gasteiger partial charge in [-0.15, -0.1) is 0 Å². The van der Waals surface area contributed by atoms with Crippen LogP contribution in [0.3, 0.4) is 0 Å². The molecule has 5 atom stereocenters. The maximum Gasteiger partial charge on any atom is 0.220 e. The fourth-order valence-corrected chi connectivity index (χ4v) is 5.94. The second kappa shape index (κ2) is 6.67. The number of carbonyl (C=O) groups is 3. The largest absolute Gasteiger partial charge is 0.350 e. The number of aldehydes is 1. The molecular weight excluding hydrogens is 316 g/mol. The third kappa shape index (κ3) is 2.97. The number of fused-ring (bicyclic) bond motifs is 3. The van der Waals surface area contributed by atoms with Crippen LogP contribution in [0.25, 0.3) is 0 Å². The summed E-state index contributed by atoms with van der Waals surface area (Å²) in [6.45, 7) is 5.03. The van der Waals surface area contributed by atoms with Gasteiger partial charge in [0.15, 0.2) is 0 Å². The van der Waals surface area contributed by atoms with E-state index in [1.54, 1.807) is 6.08 Å². The van der Waals surface area contributed by atoms with Gasteiger partial charge in [-0.1, -0.05) is 12.5 Å². The van der Waals surface area contributed by atoms with Crippen LogP contribution >= 0.6 is 0 Å². The third-order valence-corrected chi connectivity index (χ3v) is 7.09. The summed E-state index contributed by atoms with van der Waals surface area (Å²) in [4.78, 5) is 36.3. The lowest BCUT2D eigenvalue weighted by Crippen LogP contribution is -2.65. The summed E-state index contributed by atoms with van der Waals surface area (Å²) in [5.74, 6) is 0.910. The number of allylic oxidation sites excluding steroid dienone is 2. The van der Waals surface area contributed by atoms with Gasteiger partial charge >= 0.3 is 0 Å². The Morgan fingerprint density at radius 2 is 2.00 bits per heavy atom. The van der Waals surface area contributed by atoms with Crippen molar-refractivity contribution < 1.29 is 14.4 Å². The van der Waals surface area contributed by atoms with Crippen molar-refractivity contribution >= 4 is 18.0 Å². The van der Waals surface area contributed by atoms with Gasteiger partial charge in [0.2, 0.25) is 5.91 Å². The molecule has 3 rings (SSSR count). The maximum absolute atomic E-state index is 13.2. The molecule has 2 saturated carbocycles. The van der Waals surface area contributed by atoms with Crippen LogP contribution in [0.2, 0.25) is 0 Å². The zero-order valence-electron chi connectivity index (χ0n) is 15.6. The summed E-state index contributed by atoms with van der Waals surface area (Å²) in [6, 6.07) is 0. The van der Waals surface area contributed by atoms with Crippen molar-refractivity contribution in [1.29, 1.82) is 0 Å². The predicted molar refractivity (Wildman–Crippen MR) is 95.9 cm³/mol. The van der Waals surface area contributed by atoms with Gasteiger partial charge in [0.25, 0.3) is 0 Å². The SMILES string of the molecule is CNCCC1(C)/C(=C\C=O)CCC2C3CCC(=O)NC3(C)CC(=O)C21. The van der Waals surface area contributed by atoms with Crippen LogP contribution in [0.5, 0.6) is 0 Å². The molecule has 0 aromatic rings. The van der Waals surface area contributed by atoms with Crippen LogP contribution in [0, 0.1) is 23.2 Å². The molecular formula is C20H30N2O3. The summed E-state index contributed by atoms with van der Waals surface area (Å²) in [5, 5.41) is 6.32. The Morgan fingerprint density at radius 1 is 1.24 bits per heavy atom. The van der Waals surface area contributed by atoms with Crippen LogP contribution in [0.1, 0.15) is 52.4 Å². The van der Waals surface area contributed by atoms with Crippen molar-refractivity contribution in [2.24, 2.45) is 23.2 Å². The lowest BCUT2D eigenvalue weighted by molar-refractivity contribution is -0.147. The van der Waals surface area contributed by atoms with Crippen molar-refractivity contribution in [3.05, 3.63) is 11.6 Å². The van der Waals surface area contributed by atoms with Gasteiger partial charge in [0.1, 0.15) is 12.1 Å². The number of hydrogen-bond acceptors (Lipinski definition) is 4. The molecule has 1 heterocycles. The third-order valence-electron chi connectivity index (χ3n) is 7.09. The van der Waals surface area contributed by atoms with Gasteiger partial charge in [0.05, 0.1) is 0 Å². The smallest absolute Gasteiger partial charge is 0.220 e. The summed E-state index contributed by atoms with van der Waals surface area (Å²) in [7, 11) is 1.92. The number of carbonyl (C=O) groups excluding carboxylic acids is 3. The minimum atomic E-state index is -0.399. The first-order valence-corrected chi connectivity index (χ1v) is 9.49. The minimum absolute atomic E-state index is 0.0473. The Bertz CT molecular complexity index is 614. The van der Waals surface area contributed by atoms with E-state index in [1.807, 2.05) is 14.0 Å². The molecule has 0 aromatic heterocycles. The molecule has 25 heavy (non-hydrogen) atoms. The second-order valence-electron chi connectivity index (χ2n) is 8.53. The molecule has 0 bridgehead atoms. The molecule has 3 fully saturated rings. The van der Waals surface area contributed by atoms with Gasteiger partial charge in [-0.25, -0.2) is 0 Å². The van der Waals surface area contributed by atoms with Crippen LogP contribution in [0.4, 0.5) is 0 Å². The van der Waals surface area contributed by atoms with Crippen LogP contribution in [-0.4, -0.2) is 37.1 Å². The number of ketones is 1. The van der Waals surface area contributed by atoms with Crippen molar-refractivity contribution in [1.82, 2.24) is 10.6 Å². The van der Waals surface area contributed by atoms with Gasteiger partial charge in [-0.2, -0.15) is 0 Å². The fourth-order valence-electron chi connectivity index (χ4n) is 5.94. The Hall–Kier alpha value is -1.49. The van der Waals surface area contributed by atoms with E-state index in [-0.39, 0.29) is 28.9 Å². The molecule has 1 aliphatic heterocycles. The second-order valence-corrected chi connectivity index (χ2v) is 8.53. The molecule has 3 aliphatic rings. The molecule has 0 radical (unpaired) electrons. The molecule has 5 nitrogen and oxygen atoms in total. The van der Waals surface area contributed by atoms with E-state index < -0.39 is 5.54 Å². The number of rotatable bonds is 4. The average Bonchev–Trinajstić information content (AvgIpc) is 2.54. The van der Waals surface area contributed by atoms with Crippen molar-refractivity contribution in [2.75, 3.05) is 13.6 Å². The highest BCUT2D eigenvalue weighted by Gasteiger charge is 2.59. The highest BCUT2D eigenvalue weighted by Crippen LogP contribution is 2.58. The summed E-state index contributed by atoms with van der Waals surface area (Å²) >= 11 is 0. The molecule has 5 heteroatoms. The standard InChI is InChI=1S/C20H30N2O3/c1-19(9-10-21-3)13(8-11-23)4-5-14-15-6-7-17(25)22-20(15,2)12-16(24)18(14)19/h8,11,14-15,18,21H,4-7,9-10,12H2,1-3H3,(H,22,25)/b13-8-. The molecule has 138 valence electrons. The number of amides is 1. The zero-order chi connectivity index (χ0) is 18.2. The monoisotopic (exact) mass is 346 g/mol. The number of piperidine rings is 1. The lowest BCUT2D eigenvalue weighted by atomic mass is 9.48. The Morgan fingerprint density at radius 3 is 2.68 bits per heavy atom. The van der Waals surface area contributed by atoms with Gasteiger partial charge < -0.3 is 10.6 Å². The summed E-state index contributed by atoms with van der Waals surface area (Å²) in [5.41, 5.74) is 0.451. The van der Waals surface area contributed by atoms with E-state index in [0.29, 0.717) is 18.8 Å². The molecule has 2 aliphatic carbocycles. The minimum Gasteiger partial charge on any atom is -0.350 e.